The Bertz CT molecular complexity index is 848. The zero-order chi connectivity index (χ0) is 19.6. The van der Waals surface area contributed by atoms with E-state index >= 15 is 0 Å². The lowest BCUT2D eigenvalue weighted by Gasteiger charge is -2.19. The van der Waals surface area contributed by atoms with Gasteiger partial charge in [-0.2, -0.15) is 0 Å². The topological polar surface area (TPSA) is 61.4 Å². The van der Waals surface area contributed by atoms with E-state index in [9.17, 15) is 9.59 Å². The van der Waals surface area contributed by atoms with Gasteiger partial charge in [-0.25, -0.2) is 0 Å². The number of carbonyl (C=O) groups excluding carboxylic acids is 2. The van der Waals surface area contributed by atoms with Gasteiger partial charge in [0.25, 0.3) is 0 Å². The molecule has 2 N–H and O–H groups in total. The van der Waals surface area contributed by atoms with Gasteiger partial charge >= 0.3 is 0 Å². The summed E-state index contributed by atoms with van der Waals surface area (Å²) in [5.74, 6) is -0.438. The Labute approximate surface area is 166 Å². The van der Waals surface area contributed by atoms with E-state index in [1.807, 2.05) is 48.5 Å². The molecule has 0 radical (unpaired) electrons. The number of hydrogen-bond donors (Lipinski definition) is 2. The molecule has 4 rings (SSSR count). The van der Waals surface area contributed by atoms with Crippen LogP contribution in [0.2, 0.25) is 0 Å². The van der Waals surface area contributed by atoms with E-state index < -0.39 is 5.41 Å². The summed E-state index contributed by atoms with van der Waals surface area (Å²) in [6.07, 6.45) is 4.60. The van der Waals surface area contributed by atoms with Crippen LogP contribution in [-0.4, -0.2) is 24.9 Å². The number of amides is 2. The van der Waals surface area contributed by atoms with Crippen LogP contribution in [0.15, 0.2) is 48.5 Å². The van der Waals surface area contributed by atoms with Gasteiger partial charge in [0.15, 0.2) is 0 Å². The fraction of sp³-hybridized carbons (Fsp3) is 0.391. The van der Waals surface area contributed by atoms with Crippen molar-refractivity contribution in [3.05, 3.63) is 54.1 Å². The fourth-order valence-electron chi connectivity index (χ4n) is 3.74. The molecule has 0 atom stereocenters. The van der Waals surface area contributed by atoms with Gasteiger partial charge in [-0.15, -0.1) is 0 Å². The summed E-state index contributed by atoms with van der Waals surface area (Å²) < 4.78 is 0. The molecule has 1 saturated heterocycles. The molecule has 1 heterocycles. The van der Waals surface area contributed by atoms with Gasteiger partial charge in [0.2, 0.25) is 11.8 Å². The highest BCUT2D eigenvalue weighted by Gasteiger charge is 2.56. The third-order valence-electron chi connectivity index (χ3n) is 5.84. The van der Waals surface area contributed by atoms with Gasteiger partial charge in [0, 0.05) is 30.2 Å². The molecule has 2 aromatic carbocycles. The maximum absolute atomic E-state index is 12.8. The molecule has 0 unspecified atom stereocenters. The average molecular weight is 377 g/mol. The molecular formula is C23H27N3O2. The molecule has 5 nitrogen and oxygen atoms in total. The molecular weight excluding hydrogens is 350 g/mol. The molecule has 0 spiro atoms. The lowest BCUT2D eigenvalue weighted by molar-refractivity contribution is -0.131. The number of nitrogens with zero attached hydrogens (tertiary/aromatic N) is 1. The van der Waals surface area contributed by atoms with Crippen molar-refractivity contribution in [1.29, 1.82) is 0 Å². The van der Waals surface area contributed by atoms with Gasteiger partial charge in [0.1, 0.15) is 5.41 Å². The van der Waals surface area contributed by atoms with Crippen molar-refractivity contribution in [2.45, 2.75) is 39.0 Å². The molecule has 2 aliphatic rings. The first kappa shape index (κ1) is 18.5. The molecule has 0 aromatic heterocycles. The van der Waals surface area contributed by atoms with Crippen molar-refractivity contribution in [3.63, 3.8) is 0 Å². The van der Waals surface area contributed by atoms with Gasteiger partial charge < -0.3 is 15.5 Å². The Hall–Kier alpha value is -2.82. The zero-order valence-electron chi connectivity index (χ0n) is 16.3. The first-order chi connectivity index (χ1) is 13.6. The largest absolute Gasteiger partial charge is 0.372 e. The van der Waals surface area contributed by atoms with E-state index in [1.165, 1.54) is 24.1 Å². The number of nitrogens with one attached hydrogen (secondary N) is 2. The van der Waals surface area contributed by atoms with Crippen LogP contribution >= 0.6 is 0 Å². The first-order valence-electron chi connectivity index (χ1n) is 10.2. The number of rotatable bonds is 6. The molecule has 1 saturated carbocycles. The lowest BCUT2D eigenvalue weighted by atomic mass is 10.0. The summed E-state index contributed by atoms with van der Waals surface area (Å²) >= 11 is 0. The lowest BCUT2D eigenvalue weighted by Crippen LogP contribution is -2.35. The van der Waals surface area contributed by atoms with Gasteiger partial charge in [-0.1, -0.05) is 19.1 Å². The third-order valence-corrected chi connectivity index (χ3v) is 5.84. The third kappa shape index (κ3) is 3.75. The van der Waals surface area contributed by atoms with E-state index in [0.29, 0.717) is 12.8 Å². The Balaban J connectivity index is 1.38. The average Bonchev–Trinajstić information content (AvgIpc) is 3.37. The van der Waals surface area contributed by atoms with Crippen molar-refractivity contribution in [2.75, 3.05) is 28.6 Å². The molecule has 28 heavy (non-hydrogen) atoms. The quantitative estimate of drug-likeness (QED) is 0.742. The number of carbonyl (C=O) groups is 2. The van der Waals surface area contributed by atoms with Crippen LogP contribution in [0.5, 0.6) is 0 Å². The zero-order valence-corrected chi connectivity index (χ0v) is 16.3. The maximum Gasteiger partial charge on any atom is 0.240 e. The minimum Gasteiger partial charge on any atom is -0.372 e. The molecule has 2 amide bonds. The van der Waals surface area contributed by atoms with Crippen molar-refractivity contribution >= 4 is 28.9 Å². The van der Waals surface area contributed by atoms with Crippen LogP contribution in [0, 0.1) is 5.41 Å². The van der Waals surface area contributed by atoms with Crippen molar-refractivity contribution in [1.82, 2.24) is 0 Å². The van der Waals surface area contributed by atoms with E-state index in [2.05, 4.69) is 22.5 Å². The summed E-state index contributed by atoms with van der Waals surface area (Å²) in [4.78, 5) is 27.9. The highest BCUT2D eigenvalue weighted by atomic mass is 16.2. The molecule has 2 fully saturated rings. The second kappa shape index (κ2) is 7.66. The highest BCUT2D eigenvalue weighted by molar-refractivity contribution is 6.16. The number of hydrogen-bond acceptors (Lipinski definition) is 3. The van der Waals surface area contributed by atoms with Crippen LogP contribution in [0.1, 0.15) is 38.2 Å². The van der Waals surface area contributed by atoms with Gasteiger partial charge in [0.05, 0.1) is 0 Å². The molecule has 146 valence electrons. The maximum atomic E-state index is 12.8. The van der Waals surface area contributed by atoms with Crippen LogP contribution in [-0.2, 0) is 16.0 Å². The Morgan fingerprint density at radius 2 is 1.36 bits per heavy atom. The van der Waals surface area contributed by atoms with E-state index in [-0.39, 0.29) is 11.8 Å². The van der Waals surface area contributed by atoms with Gasteiger partial charge in [-0.3, -0.25) is 9.59 Å². The Morgan fingerprint density at radius 1 is 0.857 bits per heavy atom. The predicted molar refractivity (Wildman–Crippen MR) is 113 cm³/mol. The highest BCUT2D eigenvalue weighted by Crippen LogP contribution is 2.47. The van der Waals surface area contributed by atoms with E-state index in [1.54, 1.807) is 0 Å². The second-order valence-corrected chi connectivity index (χ2v) is 7.78. The van der Waals surface area contributed by atoms with Crippen LogP contribution in [0.4, 0.5) is 17.1 Å². The van der Waals surface area contributed by atoms with Crippen molar-refractivity contribution in [2.24, 2.45) is 5.41 Å². The minimum atomic E-state index is -0.947. The first-order valence-corrected chi connectivity index (χ1v) is 10.2. The smallest absolute Gasteiger partial charge is 0.240 e. The summed E-state index contributed by atoms with van der Waals surface area (Å²) in [7, 11) is 0. The summed E-state index contributed by atoms with van der Waals surface area (Å²) in [5, 5.41) is 5.83. The number of aryl methyl sites for hydroxylation is 1. The molecule has 0 bridgehead atoms. The van der Waals surface area contributed by atoms with Gasteiger partial charge in [-0.05, 0) is 74.1 Å². The van der Waals surface area contributed by atoms with E-state index in [0.717, 1.165) is 30.9 Å². The summed E-state index contributed by atoms with van der Waals surface area (Å²) in [5.41, 5.74) is 2.92. The van der Waals surface area contributed by atoms with Crippen LogP contribution in [0.25, 0.3) is 0 Å². The van der Waals surface area contributed by atoms with Crippen LogP contribution < -0.4 is 15.5 Å². The minimum absolute atomic E-state index is 0.218. The predicted octanol–water partition coefficient (Wildman–Crippen LogP) is 4.21. The molecule has 5 heteroatoms. The standard InChI is InChI=1S/C23H27N3O2/c1-2-17-5-7-18(8-6-17)24-21(27)23(13-14-23)22(28)25-19-9-11-20(12-10-19)26-15-3-4-16-26/h5-12H,2-4,13-16H2,1H3,(H,24,27)(H,25,28). The van der Waals surface area contributed by atoms with Crippen molar-refractivity contribution < 1.29 is 9.59 Å². The molecule has 1 aliphatic carbocycles. The summed E-state index contributed by atoms with van der Waals surface area (Å²) in [6, 6.07) is 15.7. The molecule has 2 aromatic rings. The Morgan fingerprint density at radius 3 is 1.82 bits per heavy atom. The molecule has 1 aliphatic heterocycles. The second-order valence-electron chi connectivity index (χ2n) is 7.78. The number of benzene rings is 2. The fourth-order valence-corrected chi connectivity index (χ4v) is 3.74. The van der Waals surface area contributed by atoms with Crippen molar-refractivity contribution in [3.8, 4) is 0 Å². The Kier molecular flexibility index (Phi) is 5.07. The van der Waals surface area contributed by atoms with E-state index in [4.69, 9.17) is 0 Å². The summed E-state index contributed by atoms with van der Waals surface area (Å²) in [6.45, 7) is 4.28. The normalized spacial score (nSPS) is 17.2. The SMILES string of the molecule is CCc1ccc(NC(=O)C2(C(=O)Nc3ccc(N4CCCC4)cc3)CC2)cc1. The number of anilines is 3. The van der Waals surface area contributed by atoms with Crippen LogP contribution in [0.3, 0.4) is 0 Å². The monoisotopic (exact) mass is 377 g/mol.